The minimum atomic E-state index is -0.174. The van der Waals surface area contributed by atoms with Gasteiger partial charge in [-0.3, -0.25) is 9.69 Å². The average molecular weight is 441 g/mol. The van der Waals surface area contributed by atoms with Crippen molar-refractivity contribution in [1.29, 1.82) is 0 Å². The van der Waals surface area contributed by atoms with E-state index in [2.05, 4.69) is 21.9 Å². The van der Waals surface area contributed by atoms with Crippen molar-refractivity contribution in [2.24, 2.45) is 0 Å². The van der Waals surface area contributed by atoms with Gasteiger partial charge in [0.1, 0.15) is 24.4 Å². The van der Waals surface area contributed by atoms with E-state index < -0.39 is 0 Å². The molecule has 0 N–H and O–H groups in total. The van der Waals surface area contributed by atoms with Crippen LogP contribution < -0.4 is 19.8 Å². The fourth-order valence-electron chi connectivity index (χ4n) is 3.55. The topological polar surface area (TPSA) is 55.2 Å². The molecule has 0 radical (unpaired) electrons. The van der Waals surface area contributed by atoms with Gasteiger partial charge in [0.25, 0.3) is 0 Å². The minimum absolute atomic E-state index is 0.174. The number of ether oxygens (including phenoxy) is 2. The van der Waals surface area contributed by atoms with E-state index in [4.69, 9.17) is 25.5 Å². The van der Waals surface area contributed by atoms with Crippen LogP contribution in [0.2, 0.25) is 5.02 Å². The molecule has 0 aliphatic carbocycles. The molecule has 162 valence electrons. The second-order valence-electron chi connectivity index (χ2n) is 7.45. The Balaban J connectivity index is 1.29. The second-order valence-corrected chi connectivity index (χ2v) is 7.89. The Morgan fingerprint density at radius 1 is 1.00 bits per heavy atom. The first kappa shape index (κ1) is 21.3. The normalized spacial score (nSPS) is 14.5. The first-order valence-corrected chi connectivity index (χ1v) is 10.6. The molecule has 0 amide bonds. The molecule has 7 heteroatoms. The van der Waals surface area contributed by atoms with Crippen LogP contribution in [0.15, 0.2) is 70.1 Å². The van der Waals surface area contributed by atoms with Crippen LogP contribution in [0.4, 0.5) is 5.69 Å². The number of halogens is 1. The Morgan fingerprint density at radius 3 is 2.35 bits per heavy atom. The molecule has 1 saturated heterocycles. The van der Waals surface area contributed by atoms with Gasteiger partial charge >= 0.3 is 0 Å². The molecule has 2 heterocycles. The second kappa shape index (κ2) is 9.90. The summed E-state index contributed by atoms with van der Waals surface area (Å²) < 4.78 is 16.5. The molecular weight excluding hydrogens is 416 g/mol. The van der Waals surface area contributed by atoms with Crippen molar-refractivity contribution >= 4 is 17.3 Å². The number of hydrogen-bond donors (Lipinski definition) is 0. The zero-order valence-corrected chi connectivity index (χ0v) is 18.2. The minimum Gasteiger partial charge on any atom is -0.497 e. The van der Waals surface area contributed by atoms with E-state index in [1.54, 1.807) is 19.2 Å². The van der Waals surface area contributed by atoms with Crippen molar-refractivity contribution in [1.82, 2.24) is 4.90 Å². The van der Waals surface area contributed by atoms with Crippen molar-refractivity contribution in [3.8, 4) is 11.5 Å². The maximum Gasteiger partial charge on any atom is 0.227 e. The predicted octanol–water partition coefficient (Wildman–Crippen LogP) is 4.20. The molecule has 1 aromatic heterocycles. The lowest BCUT2D eigenvalue weighted by molar-refractivity contribution is 0.224. The van der Waals surface area contributed by atoms with E-state index in [9.17, 15) is 4.79 Å². The molecule has 2 aromatic carbocycles. The van der Waals surface area contributed by atoms with Gasteiger partial charge in [-0.05, 0) is 42.0 Å². The Hall–Kier alpha value is -2.96. The van der Waals surface area contributed by atoms with Crippen LogP contribution in [0.1, 0.15) is 11.3 Å². The average Bonchev–Trinajstić information content (AvgIpc) is 2.80. The molecule has 0 unspecified atom stereocenters. The van der Waals surface area contributed by atoms with E-state index in [0.29, 0.717) is 17.3 Å². The number of rotatable bonds is 7. The molecule has 1 aliphatic rings. The largest absolute Gasteiger partial charge is 0.497 e. The molecule has 0 spiro atoms. The maximum absolute atomic E-state index is 12.4. The van der Waals surface area contributed by atoms with E-state index in [1.165, 1.54) is 18.0 Å². The molecule has 31 heavy (non-hydrogen) atoms. The van der Waals surface area contributed by atoms with Gasteiger partial charge in [0.15, 0.2) is 0 Å². The van der Waals surface area contributed by atoms with E-state index >= 15 is 0 Å². The molecule has 4 rings (SSSR count). The van der Waals surface area contributed by atoms with Crippen LogP contribution in [0.5, 0.6) is 11.5 Å². The third-order valence-electron chi connectivity index (χ3n) is 5.35. The van der Waals surface area contributed by atoms with Gasteiger partial charge in [-0.2, -0.15) is 0 Å². The van der Waals surface area contributed by atoms with Gasteiger partial charge in [0, 0.05) is 43.0 Å². The fourth-order valence-corrected chi connectivity index (χ4v) is 3.67. The van der Waals surface area contributed by atoms with Gasteiger partial charge in [-0.15, -0.1) is 0 Å². The van der Waals surface area contributed by atoms with Crippen LogP contribution in [0, 0.1) is 0 Å². The van der Waals surface area contributed by atoms with Gasteiger partial charge in [-0.25, -0.2) is 0 Å². The molecular formula is C24H25ClN2O4. The van der Waals surface area contributed by atoms with Crippen molar-refractivity contribution in [3.05, 3.63) is 87.4 Å². The number of benzene rings is 2. The standard InChI is InChI=1S/C24H25ClN2O4/c1-29-21-8-6-20(7-9-21)27-12-10-26(11-13-27)15-22-14-23(28)24(17-30-22)31-16-18-2-4-19(25)5-3-18/h2-9,14,17H,10-13,15-16H2,1H3. The Labute approximate surface area is 186 Å². The van der Waals surface area contributed by atoms with E-state index in [-0.39, 0.29) is 17.8 Å². The first-order valence-electron chi connectivity index (χ1n) is 10.2. The zero-order chi connectivity index (χ0) is 21.6. The molecule has 6 nitrogen and oxygen atoms in total. The quantitative estimate of drug-likeness (QED) is 0.548. The zero-order valence-electron chi connectivity index (χ0n) is 17.4. The summed E-state index contributed by atoms with van der Waals surface area (Å²) >= 11 is 5.88. The van der Waals surface area contributed by atoms with Gasteiger partial charge in [0.2, 0.25) is 11.2 Å². The van der Waals surface area contributed by atoms with Crippen molar-refractivity contribution in [3.63, 3.8) is 0 Å². The SMILES string of the molecule is COc1ccc(N2CCN(Cc3cc(=O)c(OCc4ccc(Cl)cc4)co3)CC2)cc1. The monoisotopic (exact) mass is 440 g/mol. The lowest BCUT2D eigenvalue weighted by atomic mass is 10.2. The summed E-state index contributed by atoms with van der Waals surface area (Å²) in [6.07, 6.45) is 1.40. The summed E-state index contributed by atoms with van der Waals surface area (Å²) in [6.45, 7) is 4.50. The number of hydrogen-bond acceptors (Lipinski definition) is 6. The lowest BCUT2D eigenvalue weighted by Gasteiger charge is -2.35. The van der Waals surface area contributed by atoms with E-state index in [1.807, 2.05) is 24.3 Å². The van der Waals surface area contributed by atoms with Gasteiger partial charge in [-0.1, -0.05) is 23.7 Å². The van der Waals surface area contributed by atoms with Gasteiger partial charge in [0.05, 0.1) is 13.7 Å². The Bertz CT molecular complexity index is 1040. The third kappa shape index (κ3) is 5.60. The van der Waals surface area contributed by atoms with Crippen molar-refractivity contribution in [2.75, 3.05) is 38.2 Å². The molecule has 0 bridgehead atoms. The van der Waals surface area contributed by atoms with Crippen LogP contribution in [-0.2, 0) is 13.2 Å². The number of anilines is 1. The highest BCUT2D eigenvalue weighted by atomic mass is 35.5. The highest BCUT2D eigenvalue weighted by Crippen LogP contribution is 2.21. The van der Waals surface area contributed by atoms with Crippen LogP contribution in [0.3, 0.4) is 0 Å². The third-order valence-corrected chi connectivity index (χ3v) is 5.60. The smallest absolute Gasteiger partial charge is 0.227 e. The Kier molecular flexibility index (Phi) is 6.79. The summed E-state index contributed by atoms with van der Waals surface area (Å²) in [5, 5.41) is 0.664. The summed E-state index contributed by atoms with van der Waals surface area (Å²) in [7, 11) is 1.67. The first-order chi connectivity index (χ1) is 15.1. The lowest BCUT2D eigenvalue weighted by Crippen LogP contribution is -2.46. The molecule has 3 aromatic rings. The molecule has 1 fully saturated rings. The van der Waals surface area contributed by atoms with Crippen LogP contribution in [-0.4, -0.2) is 38.2 Å². The van der Waals surface area contributed by atoms with Crippen LogP contribution in [0.25, 0.3) is 0 Å². The van der Waals surface area contributed by atoms with Crippen molar-refractivity contribution in [2.45, 2.75) is 13.2 Å². The summed E-state index contributed by atoms with van der Waals surface area (Å²) in [5.41, 5.74) is 1.95. The van der Waals surface area contributed by atoms with Gasteiger partial charge < -0.3 is 18.8 Å². The Morgan fingerprint density at radius 2 is 1.71 bits per heavy atom. The number of nitrogens with zero attached hydrogens (tertiary/aromatic N) is 2. The number of piperazine rings is 1. The van der Waals surface area contributed by atoms with Crippen LogP contribution >= 0.6 is 11.6 Å². The number of methoxy groups -OCH3 is 1. The van der Waals surface area contributed by atoms with Crippen molar-refractivity contribution < 1.29 is 13.9 Å². The highest BCUT2D eigenvalue weighted by Gasteiger charge is 2.18. The molecule has 0 saturated carbocycles. The predicted molar refractivity (Wildman–Crippen MR) is 121 cm³/mol. The maximum atomic E-state index is 12.4. The molecule has 1 aliphatic heterocycles. The summed E-state index contributed by atoms with van der Waals surface area (Å²) in [6, 6.07) is 17.0. The summed E-state index contributed by atoms with van der Waals surface area (Å²) in [5.74, 6) is 1.71. The molecule has 0 atom stereocenters. The highest BCUT2D eigenvalue weighted by molar-refractivity contribution is 6.30. The van der Waals surface area contributed by atoms with E-state index in [0.717, 1.165) is 37.5 Å². The summed E-state index contributed by atoms with van der Waals surface area (Å²) in [4.78, 5) is 17.0. The fraction of sp³-hybridized carbons (Fsp3) is 0.292.